The summed E-state index contributed by atoms with van der Waals surface area (Å²) in [6.45, 7) is 4.70. The van der Waals surface area contributed by atoms with Crippen molar-refractivity contribution in [3.63, 3.8) is 0 Å². The third-order valence-electron chi connectivity index (χ3n) is 2.35. The highest BCUT2D eigenvalue weighted by molar-refractivity contribution is 5.76. The van der Waals surface area contributed by atoms with Crippen molar-refractivity contribution in [1.29, 1.82) is 0 Å². The van der Waals surface area contributed by atoms with Gasteiger partial charge in [-0.2, -0.15) is 0 Å². The second-order valence-electron chi connectivity index (χ2n) is 3.42. The van der Waals surface area contributed by atoms with E-state index in [9.17, 15) is 0 Å². The summed E-state index contributed by atoms with van der Waals surface area (Å²) < 4.78 is 0. The van der Waals surface area contributed by atoms with Crippen LogP contribution < -0.4 is 11.1 Å². The summed E-state index contributed by atoms with van der Waals surface area (Å²) in [7, 11) is 0. The number of nitrogens with one attached hydrogen (secondary N) is 1. The minimum atomic E-state index is 0.127. The number of nitrogen functional groups attached to an aromatic ring is 1. The summed E-state index contributed by atoms with van der Waals surface area (Å²) in [4.78, 5) is 0. The molecule has 0 bridgehead atoms. The van der Waals surface area contributed by atoms with E-state index in [-0.39, 0.29) is 6.61 Å². The first-order valence-electron chi connectivity index (χ1n) is 5.06. The predicted octanol–water partition coefficient (Wildman–Crippen LogP) is 2.10. The lowest BCUT2D eigenvalue weighted by molar-refractivity contribution is 0.311. The van der Waals surface area contributed by atoms with Crippen LogP contribution in [-0.4, -0.2) is 18.3 Å². The molecule has 0 atom stereocenters. The van der Waals surface area contributed by atoms with Crippen LogP contribution in [0.5, 0.6) is 0 Å². The van der Waals surface area contributed by atoms with Crippen molar-refractivity contribution in [2.24, 2.45) is 0 Å². The second-order valence-corrected chi connectivity index (χ2v) is 3.42. The summed E-state index contributed by atoms with van der Waals surface area (Å²) in [5, 5.41) is 11.8. The number of nitrogens with two attached hydrogens (primary N) is 1. The van der Waals surface area contributed by atoms with Crippen molar-refractivity contribution in [1.82, 2.24) is 0 Å². The zero-order chi connectivity index (χ0) is 11.3. The molecule has 4 N–H and O–H groups in total. The second kappa shape index (κ2) is 5.41. The van der Waals surface area contributed by atoms with Crippen LogP contribution in [0.2, 0.25) is 0 Å². The monoisotopic (exact) mass is 206 g/mol. The smallest absolute Gasteiger partial charge is 0.0604 e. The van der Waals surface area contributed by atoms with Gasteiger partial charge < -0.3 is 16.2 Å². The van der Waals surface area contributed by atoms with Crippen LogP contribution in [0.4, 0.5) is 11.4 Å². The van der Waals surface area contributed by atoms with Crippen LogP contribution >= 0.6 is 0 Å². The average molecular weight is 206 g/mol. The number of allylic oxidation sites excluding steroid dienone is 2. The fourth-order valence-electron chi connectivity index (χ4n) is 1.36. The van der Waals surface area contributed by atoms with Gasteiger partial charge in [-0.25, -0.2) is 0 Å². The van der Waals surface area contributed by atoms with Gasteiger partial charge in [-0.1, -0.05) is 6.08 Å². The van der Waals surface area contributed by atoms with Crippen LogP contribution in [-0.2, 0) is 0 Å². The van der Waals surface area contributed by atoms with Gasteiger partial charge in [-0.3, -0.25) is 0 Å². The molecule has 0 saturated heterocycles. The Morgan fingerprint density at radius 2 is 2.27 bits per heavy atom. The van der Waals surface area contributed by atoms with Gasteiger partial charge in [0.1, 0.15) is 0 Å². The lowest BCUT2D eigenvalue weighted by atomic mass is 10.0. The zero-order valence-corrected chi connectivity index (χ0v) is 9.25. The lowest BCUT2D eigenvalue weighted by Gasteiger charge is -2.10. The van der Waals surface area contributed by atoms with Gasteiger partial charge in [-0.05, 0) is 37.6 Å². The minimum Gasteiger partial charge on any atom is -0.398 e. The summed E-state index contributed by atoms with van der Waals surface area (Å²) in [5.74, 6) is 0. The van der Waals surface area contributed by atoms with Crippen LogP contribution in [0.3, 0.4) is 0 Å². The average Bonchev–Trinajstić information content (AvgIpc) is 2.27. The first-order valence-corrected chi connectivity index (χ1v) is 5.06. The highest BCUT2D eigenvalue weighted by Gasteiger charge is 2.02. The van der Waals surface area contributed by atoms with Gasteiger partial charge in [0.2, 0.25) is 0 Å². The molecule has 0 fully saturated rings. The molecule has 0 aromatic heterocycles. The Morgan fingerprint density at radius 3 is 2.87 bits per heavy atom. The van der Waals surface area contributed by atoms with E-state index in [4.69, 9.17) is 10.8 Å². The van der Waals surface area contributed by atoms with Crippen LogP contribution in [0.1, 0.15) is 19.4 Å². The molecule has 3 nitrogen and oxygen atoms in total. The van der Waals surface area contributed by atoms with Crippen molar-refractivity contribution < 1.29 is 5.11 Å². The molecule has 0 amide bonds. The maximum absolute atomic E-state index is 8.71. The highest BCUT2D eigenvalue weighted by Crippen LogP contribution is 2.24. The Bertz CT molecular complexity index is 359. The van der Waals surface area contributed by atoms with E-state index < -0.39 is 0 Å². The molecule has 1 rings (SSSR count). The molecular formula is C12H18N2O. The minimum absolute atomic E-state index is 0.127. The van der Waals surface area contributed by atoms with E-state index in [1.165, 1.54) is 0 Å². The normalized spacial score (nSPS) is 11.5. The maximum atomic E-state index is 8.71. The Labute approximate surface area is 90.6 Å². The van der Waals surface area contributed by atoms with Crippen molar-refractivity contribution in [3.8, 4) is 0 Å². The summed E-state index contributed by atoms with van der Waals surface area (Å²) >= 11 is 0. The van der Waals surface area contributed by atoms with Crippen molar-refractivity contribution >= 4 is 16.9 Å². The Kier molecular flexibility index (Phi) is 4.18. The fraction of sp³-hybridized carbons (Fsp3) is 0.333. The molecule has 0 spiro atoms. The highest BCUT2D eigenvalue weighted by atomic mass is 16.3. The van der Waals surface area contributed by atoms with Gasteiger partial charge in [-0.15, -0.1) is 0 Å². The summed E-state index contributed by atoms with van der Waals surface area (Å²) in [6.07, 6.45) is 2.03. The van der Waals surface area contributed by atoms with E-state index >= 15 is 0 Å². The molecule has 1 aromatic carbocycles. The van der Waals surface area contributed by atoms with Crippen molar-refractivity contribution in [3.05, 3.63) is 29.8 Å². The molecule has 0 unspecified atom stereocenters. The molecule has 0 radical (unpaired) electrons. The maximum Gasteiger partial charge on any atom is 0.0604 e. The van der Waals surface area contributed by atoms with Gasteiger partial charge in [0, 0.05) is 23.5 Å². The molecule has 82 valence electrons. The van der Waals surface area contributed by atoms with Gasteiger partial charge in [0.05, 0.1) is 6.61 Å². The van der Waals surface area contributed by atoms with Gasteiger partial charge >= 0.3 is 0 Å². The number of aliphatic hydroxyl groups is 1. The number of anilines is 2. The number of hydrogen-bond acceptors (Lipinski definition) is 3. The molecular weight excluding hydrogens is 188 g/mol. The van der Waals surface area contributed by atoms with E-state index in [0.29, 0.717) is 6.54 Å². The Hall–Kier alpha value is -1.48. The first-order chi connectivity index (χ1) is 7.19. The SMILES string of the molecule is CC=C(C)c1cc(NCCO)ccc1N. The fourth-order valence-corrected chi connectivity index (χ4v) is 1.36. The molecule has 0 saturated carbocycles. The standard InChI is InChI=1S/C12H18N2O/c1-3-9(2)11-8-10(14-6-7-15)4-5-12(11)13/h3-5,8,14-15H,6-7,13H2,1-2H3. The van der Waals surface area contributed by atoms with Crippen LogP contribution in [0.25, 0.3) is 5.57 Å². The lowest BCUT2D eigenvalue weighted by Crippen LogP contribution is -2.06. The molecule has 0 aliphatic carbocycles. The van der Waals surface area contributed by atoms with Crippen LogP contribution in [0, 0.1) is 0 Å². The number of hydrogen-bond donors (Lipinski definition) is 3. The van der Waals surface area contributed by atoms with Gasteiger partial charge in [0.25, 0.3) is 0 Å². The first kappa shape index (κ1) is 11.6. The largest absolute Gasteiger partial charge is 0.398 e. The van der Waals surface area contributed by atoms with Crippen LogP contribution in [0.15, 0.2) is 24.3 Å². The number of rotatable bonds is 4. The quantitative estimate of drug-likeness (QED) is 0.661. The molecule has 0 heterocycles. The Balaban J connectivity index is 2.95. The van der Waals surface area contributed by atoms with Crippen molar-refractivity contribution in [2.75, 3.05) is 24.2 Å². The van der Waals surface area contributed by atoms with E-state index in [1.807, 2.05) is 38.1 Å². The van der Waals surface area contributed by atoms with Crippen molar-refractivity contribution in [2.45, 2.75) is 13.8 Å². The van der Waals surface area contributed by atoms with E-state index in [2.05, 4.69) is 5.32 Å². The zero-order valence-electron chi connectivity index (χ0n) is 9.25. The number of aliphatic hydroxyl groups excluding tert-OH is 1. The Morgan fingerprint density at radius 1 is 1.53 bits per heavy atom. The topological polar surface area (TPSA) is 58.3 Å². The molecule has 0 aliphatic rings. The van der Waals surface area contributed by atoms with E-state index in [0.717, 1.165) is 22.5 Å². The summed E-state index contributed by atoms with van der Waals surface area (Å²) in [6, 6.07) is 5.79. The third-order valence-corrected chi connectivity index (χ3v) is 2.35. The molecule has 3 heteroatoms. The molecule has 15 heavy (non-hydrogen) atoms. The third kappa shape index (κ3) is 2.99. The predicted molar refractivity (Wildman–Crippen MR) is 65.8 cm³/mol. The molecule has 1 aromatic rings. The summed E-state index contributed by atoms with van der Waals surface area (Å²) in [5.41, 5.74) is 9.83. The van der Waals surface area contributed by atoms with E-state index in [1.54, 1.807) is 0 Å². The van der Waals surface area contributed by atoms with Gasteiger partial charge in [0.15, 0.2) is 0 Å². The molecule has 0 aliphatic heterocycles. The number of benzene rings is 1.